The second-order valence-corrected chi connectivity index (χ2v) is 7.01. The highest BCUT2D eigenvalue weighted by Gasteiger charge is 2.30. The van der Waals surface area contributed by atoms with Crippen molar-refractivity contribution in [3.05, 3.63) is 35.5 Å². The van der Waals surface area contributed by atoms with E-state index in [1.165, 1.54) is 4.68 Å². The Labute approximate surface area is 146 Å². The molecule has 1 aromatic carbocycles. The Morgan fingerprint density at radius 1 is 1.24 bits per heavy atom. The highest BCUT2D eigenvalue weighted by molar-refractivity contribution is 5.69. The summed E-state index contributed by atoms with van der Waals surface area (Å²) in [7, 11) is 1.60. The zero-order valence-corrected chi connectivity index (χ0v) is 14.9. The predicted molar refractivity (Wildman–Crippen MR) is 92.1 cm³/mol. The molecule has 1 amide bonds. The fourth-order valence-electron chi connectivity index (χ4n) is 2.74. The Bertz CT molecular complexity index is 775. The van der Waals surface area contributed by atoms with Crippen LogP contribution in [0.5, 0.6) is 11.6 Å². The third-order valence-electron chi connectivity index (χ3n) is 3.98. The van der Waals surface area contributed by atoms with Crippen molar-refractivity contribution >= 4 is 6.09 Å². The molecular formula is C18H23N3O4. The lowest BCUT2D eigenvalue weighted by atomic mass is 10.1. The molecule has 7 heteroatoms. The van der Waals surface area contributed by atoms with Gasteiger partial charge in [-0.1, -0.05) is 0 Å². The van der Waals surface area contributed by atoms with Gasteiger partial charge in [-0.15, -0.1) is 0 Å². The number of rotatable bonds is 2. The molecule has 0 saturated carbocycles. The van der Waals surface area contributed by atoms with Crippen LogP contribution < -0.4 is 4.74 Å². The lowest BCUT2D eigenvalue weighted by molar-refractivity contribution is 0.0222. The van der Waals surface area contributed by atoms with Crippen LogP contribution in [0.2, 0.25) is 0 Å². The van der Waals surface area contributed by atoms with Crippen molar-refractivity contribution in [2.75, 3.05) is 13.7 Å². The van der Waals surface area contributed by atoms with Crippen molar-refractivity contribution in [1.29, 1.82) is 0 Å². The van der Waals surface area contributed by atoms with Crippen molar-refractivity contribution < 1.29 is 19.4 Å². The van der Waals surface area contributed by atoms with Crippen LogP contribution >= 0.6 is 0 Å². The van der Waals surface area contributed by atoms with Gasteiger partial charge in [0.25, 0.3) is 0 Å². The molecule has 134 valence electrons. The molecule has 0 radical (unpaired) electrons. The number of benzene rings is 1. The molecule has 0 fully saturated rings. The molecule has 0 aliphatic carbocycles. The Balaban J connectivity index is 1.83. The van der Waals surface area contributed by atoms with E-state index >= 15 is 0 Å². The van der Waals surface area contributed by atoms with Gasteiger partial charge >= 0.3 is 6.09 Å². The fraction of sp³-hybridized carbons (Fsp3) is 0.444. The van der Waals surface area contributed by atoms with Crippen LogP contribution in [-0.4, -0.2) is 45.1 Å². The zero-order chi connectivity index (χ0) is 18.2. The van der Waals surface area contributed by atoms with E-state index in [9.17, 15) is 9.90 Å². The van der Waals surface area contributed by atoms with Crippen molar-refractivity contribution in [2.45, 2.75) is 39.3 Å². The average Bonchev–Trinajstić information content (AvgIpc) is 2.90. The fourth-order valence-corrected chi connectivity index (χ4v) is 2.74. The number of fused-ring (bicyclic) bond motifs is 1. The third kappa shape index (κ3) is 3.55. The van der Waals surface area contributed by atoms with Crippen LogP contribution in [0.1, 0.15) is 32.0 Å². The maximum Gasteiger partial charge on any atom is 0.410 e. The summed E-state index contributed by atoms with van der Waals surface area (Å²) in [6.07, 6.45) is 0.195. The van der Waals surface area contributed by atoms with E-state index in [4.69, 9.17) is 9.47 Å². The molecule has 0 bridgehead atoms. The van der Waals surface area contributed by atoms with Crippen molar-refractivity contribution in [3.8, 4) is 17.3 Å². The summed E-state index contributed by atoms with van der Waals surface area (Å²) in [6.45, 7) is 6.30. The predicted octanol–water partition coefficient (Wildman–Crippen LogP) is 2.88. The molecular weight excluding hydrogens is 322 g/mol. The molecule has 3 rings (SSSR count). The number of aromatic nitrogens is 2. The van der Waals surface area contributed by atoms with Gasteiger partial charge in [-0.25, -0.2) is 9.48 Å². The van der Waals surface area contributed by atoms with Crippen molar-refractivity contribution in [3.63, 3.8) is 0 Å². The number of amides is 1. The second kappa shape index (κ2) is 6.31. The van der Waals surface area contributed by atoms with E-state index in [0.717, 1.165) is 17.1 Å². The van der Waals surface area contributed by atoms with E-state index < -0.39 is 5.60 Å². The van der Waals surface area contributed by atoms with Gasteiger partial charge < -0.3 is 19.5 Å². The minimum absolute atomic E-state index is 0.0495. The highest BCUT2D eigenvalue weighted by Crippen LogP contribution is 2.30. The smallest absolute Gasteiger partial charge is 0.410 e. The number of hydrogen-bond donors (Lipinski definition) is 1. The largest absolute Gasteiger partial charge is 0.497 e. The molecule has 0 spiro atoms. The normalized spacial score (nSPS) is 14.2. The molecule has 0 atom stereocenters. The first-order chi connectivity index (χ1) is 11.8. The van der Waals surface area contributed by atoms with E-state index in [1.54, 1.807) is 12.0 Å². The SMILES string of the molecule is COc1ccc(-n2nc3c(c2O)CN(C(=O)OC(C)(C)C)CC3)cc1. The number of ether oxygens (including phenoxy) is 2. The molecule has 2 heterocycles. The first-order valence-corrected chi connectivity index (χ1v) is 8.20. The highest BCUT2D eigenvalue weighted by atomic mass is 16.6. The van der Waals surface area contributed by atoms with Crippen LogP contribution in [0.25, 0.3) is 5.69 Å². The Morgan fingerprint density at radius 3 is 2.52 bits per heavy atom. The Morgan fingerprint density at radius 2 is 1.92 bits per heavy atom. The number of carbonyl (C=O) groups is 1. The molecule has 7 nitrogen and oxygen atoms in total. The molecule has 1 aliphatic rings. The summed E-state index contributed by atoms with van der Waals surface area (Å²) in [5, 5.41) is 15.1. The van der Waals surface area contributed by atoms with Gasteiger partial charge in [-0.05, 0) is 45.0 Å². The van der Waals surface area contributed by atoms with E-state index in [0.29, 0.717) is 18.5 Å². The standard InChI is InChI=1S/C18H23N3O4/c1-18(2,3)25-17(23)20-10-9-15-14(11-20)16(22)21(19-15)12-5-7-13(24-4)8-6-12/h5-8,22H,9-11H2,1-4H3. The van der Waals surface area contributed by atoms with E-state index in [2.05, 4.69) is 5.10 Å². The van der Waals surface area contributed by atoms with Crippen LogP contribution in [0, 0.1) is 0 Å². The third-order valence-corrected chi connectivity index (χ3v) is 3.98. The first kappa shape index (κ1) is 17.1. The van der Waals surface area contributed by atoms with E-state index in [-0.39, 0.29) is 18.5 Å². The van der Waals surface area contributed by atoms with Gasteiger partial charge in [0.1, 0.15) is 11.4 Å². The minimum atomic E-state index is -0.549. The number of methoxy groups -OCH3 is 1. The molecule has 1 aromatic heterocycles. The maximum absolute atomic E-state index is 12.3. The summed E-state index contributed by atoms with van der Waals surface area (Å²) < 4.78 is 12.0. The lowest BCUT2D eigenvalue weighted by Crippen LogP contribution is -2.39. The summed E-state index contributed by atoms with van der Waals surface area (Å²) >= 11 is 0. The van der Waals surface area contributed by atoms with Gasteiger partial charge in [0, 0.05) is 13.0 Å². The monoisotopic (exact) mass is 345 g/mol. The van der Waals surface area contributed by atoms with Gasteiger partial charge in [0.15, 0.2) is 0 Å². The molecule has 2 aromatic rings. The van der Waals surface area contributed by atoms with E-state index in [1.807, 2.05) is 45.0 Å². The molecule has 1 aliphatic heterocycles. The maximum atomic E-state index is 12.3. The average molecular weight is 345 g/mol. The van der Waals surface area contributed by atoms with Gasteiger partial charge in [-0.3, -0.25) is 0 Å². The number of hydrogen-bond acceptors (Lipinski definition) is 5. The topological polar surface area (TPSA) is 76.8 Å². The van der Waals surface area contributed by atoms with Gasteiger partial charge in [0.2, 0.25) is 5.88 Å². The van der Waals surface area contributed by atoms with Crippen LogP contribution in [0.4, 0.5) is 4.79 Å². The number of aromatic hydroxyl groups is 1. The number of carbonyl (C=O) groups excluding carboxylic acids is 1. The molecule has 0 unspecified atom stereocenters. The Kier molecular flexibility index (Phi) is 4.32. The quantitative estimate of drug-likeness (QED) is 0.906. The van der Waals surface area contributed by atoms with Crippen molar-refractivity contribution in [1.82, 2.24) is 14.7 Å². The summed E-state index contributed by atoms with van der Waals surface area (Å²) in [6, 6.07) is 7.26. The lowest BCUT2D eigenvalue weighted by Gasteiger charge is -2.29. The van der Waals surface area contributed by atoms with Crippen molar-refractivity contribution in [2.24, 2.45) is 0 Å². The van der Waals surface area contributed by atoms with Crippen LogP contribution in [-0.2, 0) is 17.7 Å². The Hall–Kier alpha value is -2.70. The molecule has 1 N–H and O–H groups in total. The first-order valence-electron chi connectivity index (χ1n) is 8.20. The van der Waals surface area contributed by atoms with Gasteiger partial charge in [-0.2, -0.15) is 5.10 Å². The minimum Gasteiger partial charge on any atom is -0.497 e. The summed E-state index contributed by atoms with van der Waals surface area (Å²) in [4.78, 5) is 13.9. The summed E-state index contributed by atoms with van der Waals surface area (Å²) in [5.74, 6) is 0.782. The van der Waals surface area contributed by atoms with Gasteiger partial charge in [0.05, 0.1) is 30.6 Å². The van der Waals surface area contributed by atoms with Crippen LogP contribution in [0.15, 0.2) is 24.3 Å². The summed E-state index contributed by atoms with van der Waals surface area (Å²) in [5.41, 5.74) is 1.64. The number of nitrogens with zero attached hydrogens (tertiary/aromatic N) is 3. The zero-order valence-electron chi connectivity index (χ0n) is 14.9. The molecule has 0 saturated heterocycles. The van der Waals surface area contributed by atoms with Crippen LogP contribution in [0.3, 0.4) is 0 Å². The molecule has 25 heavy (non-hydrogen) atoms. The second-order valence-electron chi connectivity index (χ2n) is 7.01.